The van der Waals surface area contributed by atoms with E-state index in [1.165, 1.54) is 22.4 Å². The summed E-state index contributed by atoms with van der Waals surface area (Å²) in [5.74, 6) is 0. The number of hydrogen-bond acceptors (Lipinski definition) is 2. The summed E-state index contributed by atoms with van der Waals surface area (Å²) >= 11 is 0. The molecule has 0 radical (unpaired) electrons. The van der Waals surface area contributed by atoms with E-state index in [4.69, 9.17) is 0 Å². The molecule has 1 aromatic carbocycles. The molecule has 0 saturated heterocycles. The van der Waals surface area contributed by atoms with Crippen LogP contribution in [0.4, 0.5) is 0 Å². The minimum atomic E-state index is 0.403. The van der Waals surface area contributed by atoms with E-state index in [9.17, 15) is 0 Å². The average molecular weight is 268 g/mol. The first-order valence-corrected chi connectivity index (χ1v) is 7.40. The van der Waals surface area contributed by atoms with Gasteiger partial charge in [0.25, 0.3) is 0 Å². The molecule has 0 bridgehead atoms. The number of benzene rings is 1. The van der Waals surface area contributed by atoms with Gasteiger partial charge in [0.05, 0.1) is 0 Å². The number of aryl methyl sites for hydroxylation is 3. The van der Waals surface area contributed by atoms with Gasteiger partial charge >= 0.3 is 0 Å². The van der Waals surface area contributed by atoms with E-state index in [1.54, 1.807) is 0 Å². The third-order valence-corrected chi connectivity index (χ3v) is 3.51. The number of nitrogens with one attached hydrogen (secondary N) is 1. The molecule has 106 valence electrons. The van der Waals surface area contributed by atoms with Crippen molar-refractivity contribution < 1.29 is 0 Å². The summed E-state index contributed by atoms with van der Waals surface area (Å²) in [5, 5.41) is 3.60. The fraction of sp³-hybridized carbons (Fsp3) is 0.389. The summed E-state index contributed by atoms with van der Waals surface area (Å²) in [5.41, 5.74) is 5.22. The molecule has 1 heterocycles. The predicted octanol–water partition coefficient (Wildman–Crippen LogP) is 3.98. The summed E-state index contributed by atoms with van der Waals surface area (Å²) < 4.78 is 0. The Morgan fingerprint density at radius 1 is 1.10 bits per heavy atom. The van der Waals surface area contributed by atoms with Gasteiger partial charge in [0, 0.05) is 17.9 Å². The van der Waals surface area contributed by atoms with Crippen LogP contribution in [-0.2, 0) is 6.42 Å². The maximum Gasteiger partial charge on any atom is 0.0404 e. The van der Waals surface area contributed by atoms with Crippen LogP contribution >= 0.6 is 0 Å². The second kappa shape index (κ2) is 7.20. The molecule has 2 heteroatoms. The lowest BCUT2D eigenvalue weighted by molar-refractivity contribution is 0.512. The van der Waals surface area contributed by atoms with Crippen molar-refractivity contribution in [3.8, 4) is 0 Å². The summed E-state index contributed by atoms with van der Waals surface area (Å²) in [4.78, 5) is 4.41. The van der Waals surface area contributed by atoms with Crippen molar-refractivity contribution in [2.45, 2.75) is 39.7 Å². The van der Waals surface area contributed by atoms with Gasteiger partial charge in [0.1, 0.15) is 0 Å². The van der Waals surface area contributed by atoms with E-state index in [-0.39, 0.29) is 0 Å². The van der Waals surface area contributed by atoms with Crippen molar-refractivity contribution in [1.82, 2.24) is 10.3 Å². The quantitative estimate of drug-likeness (QED) is 0.857. The molecule has 20 heavy (non-hydrogen) atoms. The summed E-state index contributed by atoms with van der Waals surface area (Å²) in [6.07, 6.45) is 3.95. The largest absolute Gasteiger partial charge is 0.310 e. The van der Waals surface area contributed by atoms with E-state index < -0.39 is 0 Å². The standard InChI is InChI=1S/C18H24N2/c1-4-19-18(9-8-17-7-5-6-10-20-17)16-12-14(2)11-15(3)13-16/h5-7,10-13,18-19H,4,8-9H2,1-3H3. The number of nitrogens with zero attached hydrogens (tertiary/aromatic N) is 1. The lowest BCUT2D eigenvalue weighted by atomic mass is 9.97. The molecule has 0 aliphatic carbocycles. The van der Waals surface area contributed by atoms with Crippen LogP contribution < -0.4 is 5.32 Å². The van der Waals surface area contributed by atoms with Crippen molar-refractivity contribution in [2.75, 3.05) is 6.54 Å². The molecule has 0 amide bonds. The highest BCUT2D eigenvalue weighted by Gasteiger charge is 2.11. The highest BCUT2D eigenvalue weighted by molar-refractivity contribution is 5.30. The van der Waals surface area contributed by atoms with Crippen LogP contribution in [0.1, 0.15) is 41.8 Å². The van der Waals surface area contributed by atoms with E-state index in [0.717, 1.165) is 19.4 Å². The summed E-state index contributed by atoms with van der Waals surface area (Å²) in [7, 11) is 0. The highest BCUT2D eigenvalue weighted by Crippen LogP contribution is 2.21. The first kappa shape index (κ1) is 14.7. The molecule has 2 rings (SSSR count). The normalized spacial score (nSPS) is 12.3. The fourth-order valence-electron chi connectivity index (χ4n) is 2.68. The van der Waals surface area contributed by atoms with Gasteiger partial charge in [-0.1, -0.05) is 42.3 Å². The zero-order chi connectivity index (χ0) is 14.4. The van der Waals surface area contributed by atoms with Crippen LogP contribution in [-0.4, -0.2) is 11.5 Å². The van der Waals surface area contributed by atoms with Gasteiger partial charge in [-0.25, -0.2) is 0 Å². The molecular weight excluding hydrogens is 244 g/mol. The second-order valence-corrected chi connectivity index (χ2v) is 5.39. The fourth-order valence-corrected chi connectivity index (χ4v) is 2.68. The number of aromatic nitrogens is 1. The third-order valence-electron chi connectivity index (χ3n) is 3.51. The van der Waals surface area contributed by atoms with Crippen molar-refractivity contribution >= 4 is 0 Å². The molecule has 0 fully saturated rings. The van der Waals surface area contributed by atoms with Crippen LogP contribution in [0.2, 0.25) is 0 Å². The molecule has 2 nitrogen and oxygen atoms in total. The minimum absolute atomic E-state index is 0.403. The van der Waals surface area contributed by atoms with Gasteiger partial charge in [-0.2, -0.15) is 0 Å². The van der Waals surface area contributed by atoms with Gasteiger partial charge in [-0.05, 0) is 50.9 Å². The van der Waals surface area contributed by atoms with Gasteiger partial charge in [-0.3, -0.25) is 4.98 Å². The van der Waals surface area contributed by atoms with Gasteiger partial charge in [-0.15, -0.1) is 0 Å². The van der Waals surface area contributed by atoms with Crippen LogP contribution in [0.3, 0.4) is 0 Å². The smallest absolute Gasteiger partial charge is 0.0404 e. The first-order chi connectivity index (χ1) is 9.69. The third kappa shape index (κ3) is 4.17. The number of pyridine rings is 1. The number of hydrogen-bond donors (Lipinski definition) is 1. The van der Waals surface area contributed by atoms with Gasteiger partial charge in [0.2, 0.25) is 0 Å². The molecule has 0 aliphatic rings. The molecule has 1 aromatic heterocycles. The van der Waals surface area contributed by atoms with Crippen molar-refractivity contribution in [3.63, 3.8) is 0 Å². The monoisotopic (exact) mass is 268 g/mol. The Labute approximate surface area is 122 Å². The number of rotatable bonds is 6. The summed E-state index contributed by atoms with van der Waals surface area (Å²) in [6.45, 7) is 7.48. The molecular formula is C18H24N2. The lowest BCUT2D eigenvalue weighted by Gasteiger charge is -2.19. The van der Waals surface area contributed by atoms with E-state index in [1.807, 2.05) is 12.3 Å². The van der Waals surface area contributed by atoms with Crippen LogP contribution in [0.5, 0.6) is 0 Å². The zero-order valence-corrected chi connectivity index (χ0v) is 12.7. The topological polar surface area (TPSA) is 24.9 Å². The Balaban J connectivity index is 2.10. The zero-order valence-electron chi connectivity index (χ0n) is 12.7. The maximum atomic E-state index is 4.41. The Morgan fingerprint density at radius 3 is 2.45 bits per heavy atom. The van der Waals surface area contributed by atoms with Crippen molar-refractivity contribution in [3.05, 3.63) is 65.0 Å². The molecule has 1 atom stereocenters. The molecule has 1 N–H and O–H groups in total. The van der Waals surface area contributed by atoms with Crippen LogP contribution in [0.25, 0.3) is 0 Å². The molecule has 2 aromatic rings. The van der Waals surface area contributed by atoms with Gasteiger partial charge in [0.15, 0.2) is 0 Å². The lowest BCUT2D eigenvalue weighted by Crippen LogP contribution is -2.21. The molecule has 0 spiro atoms. The molecule has 0 aliphatic heterocycles. The van der Waals surface area contributed by atoms with E-state index >= 15 is 0 Å². The van der Waals surface area contributed by atoms with Crippen molar-refractivity contribution in [1.29, 1.82) is 0 Å². The highest BCUT2D eigenvalue weighted by atomic mass is 14.9. The molecule has 1 unspecified atom stereocenters. The van der Waals surface area contributed by atoms with E-state index in [2.05, 4.69) is 61.4 Å². The average Bonchev–Trinajstić information content (AvgIpc) is 2.43. The first-order valence-electron chi connectivity index (χ1n) is 7.40. The van der Waals surface area contributed by atoms with Gasteiger partial charge < -0.3 is 5.32 Å². The Kier molecular flexibility index (Phi) is 5.31. The summed E-state index contributed by atoms with van der Waals surface area (Å²) in [6, 6.07) is 13.3. The molecule has 0 saturated carbocycles. The Hall–Kier alpha value is -1.67. The van der Waals surface area contributed by atoms with E-state index in [0.29, 0.717) is 6.04 Å². The van der Waals surface area contributed by atoms with Crippen molar-refractivity contribution in [2.24, 2.45) is 0 Å². The van der Waals surface area contributed by atoms with Crippen LogP contribution in [0, 0.1) is 13.8 Å². The SMILES string of the molecule is CCNC(CCc1ccccn1)c1cc(C)cc(C)c1. The van der Waals surface area contributed by atoms with Crippen LogP contribution in [0.15, 0.2) is 42.6 Å². The minimum Gasteiger partial charge on any atom is -0.310 e. The maximum absolute atomic E-state index is 4.41. The second-order valence-electron chi connectivity index (χ2n) is 5.39. The predicted molar refractivity (Wildman–Crippen MR) is 84.9 cm³/mol. The Bertz CT molecular complexity index is 514. The Morgan fingerprint density at radius 2 is 1.85 bits per heavy atom.